The van der Waals surface area contributed by atoms with Gasteiger partial charge in [0.15, 0.2) is 0 Å². The molecule has 0 bridgehead atoms. The first kappa shape index (κ1) is 13.9. The van der Waals surface area contributed by atoms with E-state index in [1.807, 2.05) is 0 Å². The summed E-state index contributed by atoms with van der Waals surface area (Å²) in [5.74, 6) is 3.65. The first-order valence-electron chi connectivity index (χ1n) is 8.19. The molecule has 110 valence electrons. The van der Waals surface area contributed by atoms with Gasteiger partial charge in [0.1, 0.15) is 5.75 Å². The zero-order valence-electron chi connectivity index (χ0n) is 12.8. The molecule has 3 rings (SSSR count). The molecule has 0 radical (unpaired) electrons. The summed E-state index contributed by atoms with van der Waals surface area (Å²) in [7, 11) is 0. The molecule has 1 saturated carbocycles. The molecule has 1 heterocycles. The Hall–Kier alpha value is -1.02. The van der Waals surface area contributed by atoms with Gasteiger partial charge in [0.2, 0.25) is 0 Å². The normalized spacial score (nSPS) is 28.6. The Morgan fingerprint density at radius 3 is 2.70 bits per heavy atom. The van der Waals surface area contributed by atoms with Gasteiger partial charge in [-0.05, 0) is 61.6 Å². The van der Waals surface area contributed by atoms with Crippen molar-refractivity contribution < 1.29 is 4.74 Å². The van der Waals surface area contributed by atoms with Crippen molar-refractivity contribution in [1.82, 2.24) is 5.32 Å². The van der Waals surface area contributed by atoms with Crippen LogP contribution in [-0.2, 0) is 0 Å². The van der Waals surface area contributed by atoms with Gasteiger partial charge in [-0.25, -0.2) is 0 Å². The molecule has 1 aliphatic heterocycles. The minimum Gasteiger partial charge on any atom is -0.493 e. The van der Waals surface area contributed by atoms with Crippen molar-refractivity contribution >= 4 is 0 Å². The highest BCUT2D eigenvalue weighted by atomic mass is 16.5. The number of rotatable bonds is 5. The number of ether oxygens (including phenoxy) is 1. The molecular formula is C18H27NO. The van der Waals surface area contributed by atoms with Crippen LogP contribution >= 0.6 is 0 Å². The van der Waals surface area contributed by atoms with Crippen LogP contribution in [0.4, 0.5) is 0 Å². The lowest BCUT2D eigenvalue weighted by Gasteiger charge is -2.40. The largest absolute Gasteiger partial charge is 0.493 e. The zero-order valence-corrected chi connectivity index (χ0v) is 12.8. The third-order valence-corrected chi connectivity index (χ3v) is 5.03. The fourth-order valence-corrected chi connectivity index (χ4v) is 3.63. The molecule has 2 nitrogen and oxygen atoms in total. The lowest BCUT2D eigenvalue weighted by molar-refractivity contribution is 0.137. The van der Waals surface area contributed by atoms with Gasteiger partial charge in [0, 0.05) is 6.04 Å². The third-order valence-electron chi connectivity index (χ3n) is 5.03. The van der Waals surface area contributed by atoms with Crippen molar-refractivity contribution in [1.29, 1.82) is 0 Å². The van der Waals surface area contributed by atoms with Gasteiger partial charge in [-0.3, -0.25) is 0 Å². The van der Waals surface area contributed by atoms with Crippen LogP contribution in [0, 0.1) is 11.8 Å². The summed E-state index contributed by atoms with van der Waals surface area (Å²) in [4.78, 5) is 0. The van der Waals surface area contributed by atoms with Gasteiger partial charge in [-0.15, -0.1) is 0 Å². The summed E-state index contributed by atoms with van der Waals surface area (Å²) < 4.78 is 5.78. The number of benzene rings is 1. The summed E-state index contributed by atoms with van der Waals surface area (Å²) >= 11 is 0. The molecule has 3 atom stereocenters. The molecule has 0 spiro atoms. The molecule has 20 heavy (non-hydrogen) atoms. The van der Waals surface area contributed by atoms with Gasteiger partial charge in [-0.2, -0.15) is 0 Å². The van der Waals surface area contributed by atoms with E-state index in [1.54, 1.807) is 0 Å². The van der Waals surface area contributed by atoms with E-state index in [2.05, 4.69) is 43.4 Å². The number of nitrogens with one attached hydrogen (secondary N) is 1. The van der Waals surface area contributed by atoms with Gasteiger partial charge < -0.3 is 10.1 Å². The number of hydrogen-bond acceptors (Lipinski definition) is 2. The predicted molar refractivity (Wildman–Crippen MR) is 83.3 cm³/mol. The van der Waals surface area contributed by atoms with Crippen LogP contribution in [0.25, 0.3) is 0 Å². The van der Waals surface area contributed by atoms with Crippen LogP contribution in [-0.4, -0.2) is 19.2 Å². The van der Waals surface area contributed by atoms with E-state index in [0.717, 1.165) is 24.2 Å². The Bertz CT molecular complexity index is 443. The highest BCUT2D eigenvalue weighted by molar-refractivity contribution is 5.37. The summed E-state index contributed by atoms with van der Waals surface area (Å²) in [6.07, 6.45) is 5.38. The van der Waals surface area contributed by atoms with E-state index in [1.165, 1.54) is 37.8 Å². The van der Waals surface area contributed by atoms with Crippen LogP contribution in [0.2, 0.25) is 0 Å². The van der Waals surface area contributed by atoms with Crippen molar-refractivity contribution in [2.75, 3.05) is 13.2 Å². The lowest BCUT2D eigenvalue weighted by Crippen LogP contribution is -2.38. The Morgan fingerprint density at radius 2 is 1.95 bits per heavy atom. The van der Waals surface area contributed by atoms with E-state index in [-0.39, 0.29) is 0 Å². The van der Waals surface area contributed by atoms with Gasteiger partial charge >= 0.3 is 0 Å². The standard InChI is InChI=1S/C18H27NO/c1-13(2)19-12-16-8-7-14(16)11-15-9-10-20-18-6-4-3-5-17(15)18/h3-6,13-16,19H,7-12H2,1-2H3. The van der Waals surface area contributed by atoms with Crippen LogP contribution in [0.15, 0.2) is 24.3 Å². The smallest absolute Gasteiger partial charge is 0.122 e. The van der Waals surface area contributed by atoms with E-state index >= 15 is 0 Å². The molecule has 0 saturated heterocycles. The van der Waals surface area contributed by atoms with Gasteiger partial charge in [0.05, 0.1) is 6.61 Å². The average Bonchev–Trinajstić information content (AvgIpc) is 2.43. The highest BCUT2D eigenvalue weighted by Gasteiger charge is 2.34. The second-order valence-corrected chi connectivity index (χ2v) is 6.77. The fourth-order valence-electron chi connectivity index (χ4n) is 3.63. The van der Waals surface area contributed by atoms with Crippen LogP contribution in [0.1, 0.15) is 51.0 Å². The topological polar surface area (TPSA) is 21.3 Å². The molecule has 1 fully saturated rings. The van der Waals surface area contributed by atoms with Crippen molar-refractivity contribution in [3.05, 3.63) is 29.8 Å². The van der Waals surface area contributed by atoms with Gasteiger partial charge in [-0.1, -0.05) is 32.0 Å². The van der Waals surface area contributed by atoms with Crippen LogP contribution in [0.3, 0.4) is 0 Å². The molecule has 2 aliphatic rings. The van der Waals surface area contributed by atoms with Crippen molar-refractivity contribution in [3.8, 4) is 5.75 Å². The second kappa shape index (κ2) is 6.17. The minimum atomic E-state index is 0.611. The number of fused-ring (bicyclic) bond motifs is 1. The van der Waals surface area contributed by atoms with E-state index < -0.39 is 0 Å². The lowest BCUT2D eigenvalue weighted by atomic mass is 9.68. The summed E-state index contributed by atoms with van der Waals surface area (Å²) in [6.45, 7) is 6.57. The Balaban J connectivity index is 1.59. The first-order chi connectivity index (χ1) is 9.74. The Labute approximate surface area is 122 Å². The Kier molecular flexibility index (Phi) is 4.30. The molecule has 0 amide bonds. The third kappa shape index (κ3) is 3.01. The average molecular weight is 273 g/mol. The maximum absolute atomic E-state index is 5.78. The molecular weight excluding hydrogens is 246 g/mol. The maximum Gasteiger partial charge on any atom is 0.122 e. The van der Waals surface area contributed by atoms with E-state index in [9.17, 15) is 0 Å². The van der Waals surface area contributed by atoms with Crippen LogP contribution < -0.4 is 10.1 Å². The molecule has 1 N–H and O–H groups in total. The predicted octanol–water partition coefficient (Wildman–Crippen LogP) is 3.97. The monoisotopic (exact) mass is 273 g/mol. The Morgan fingerprint density at radius 1 is 1.15 bits per heavy atom. The SMILES string of the molecule is CC(C)NCC1CCC1CC1CCOc2ccccc21. The van der Waals surface area contributed by atoms with E-state index in [4.69, 9.17) is 4.74 Å². The zero-order chi connectivity index (χ0) is 13.9. The molecule has 1 aliphatic carbocycles. The summed E-state index contributed by atoms with van der Waals surface area (Å²) in [5, 5.41) is 3.61. The number of hydrogen-bond donors (Lipinski definition) is 1. The van der Waals surface area contributed by atoms with Crippen molar-refractivity contribution in [3.63, 3.8) is 0 Å². The molecule has 3 unspecified atom stereocenters. The minimum absolute atomic E-state index is 0.611. The summed E-state index contributed by atoms with van der Waals surface area (Å²) in [5.41, 5.74) is 1.45. The maximum atomic E-state index is 5.78. The van der Waals surface area contributed by atoms with Gasteiger partial charge in [0.25, 0.3) is 0 Å². The van der Waals surface area contributed by atoms with Crippen molar-refractivity contribution in [2.24, 2.45) is 11.8 Å². The molecule has 1 aromatic rings. The quantitative estimate of drug-likeness (QED) is 0.876. The number of para-hydroxylation sites is 1. The second-order valence-electron chi connectivity index (χ2n) is 6.77. The fraction of sp³-hybridized carbons (Fsp3) is 0.667. The molecule has 1 aromatic carbocycles. The molecule has 2 heteroatoms. The molecule has 0 aromatic heterocycles. The first-order valence-corrected chi connectivity index (χ1v) is 8.19. The highest BCUT2D eigenvalue weighted by Crippen LogP contribution is 2.44. The van der Waals surface area contributed by atoms with E-state index in [0.29, 0.717) is 12.0 Å². The van der Waals surface area contributed by atoms with Crippen LogP contribution in [0.5, 0.6) is 5.75 Å². The van der Waals surface area contributed by atoms with Crippen molar-refractivity contribution in [2.45, 2.75) is 51.5 Å². The summed E-state index contributed by atoms with van der Waals surface area (Å²) in [6, 6.07) is 9.23.